The quantitative estimate of drug-likeness (QED) is 0.609. The standard InChI is InChI=1S/C8H17ClO2/c1-2-3-4-7(10)8(11)5-6-9/h7-8,10-11H,2-6H2,1H3/t7-,8-/m0/s1. The van der Waals surface area contributed by atoms with Crippen molar-refractivity contribution < 1.29 is 10.2 Å². The van der Waals surface area contributed by atoms with Gasteiger partial charge in [-0.2, -0.15) is 0 Å². The second-order valence-electron chi connectivity index (χ2n) is 2.75. The highest BCUT2D eigenvalue weighted by atomic mass is 35.5. The van der Waals surface area contributed by atoms with Crippen molar-refractivity contribution in [1.29, 1.82) is 0 Å². The van der Waals surface area contributed by atoms with Gasteiger partial charge in [0.2, 0.25) is 0 Å². The van der Waals surface area contributed by atoms with Crippen molar-refractivity contribution in [2.24, 2.45) is 0 Å². The molecule has 0 heterocycles. The lowest BCUT2D eigenvalue weighted by atomic mass is 10.1. The van der Waals surface area contributed by atoms with E-state index in [0.29, 0.717) is 18.7 Å². The molecular weight excluding hydrogens is 164 g/mol. The smallest absolute Gasteiger partial charge is 0.0810 e. The third-order valence-corrected chi connectivity index (χ3v) is 1.92. The molecule has 2 nitrogen and oxygen atoms in total. The Kier molecular flexibility index (Phi) is 7.02. The molecule has 2 atom stereocenters. The summed E-state index contributed by atoms with van der Waals surface area (Å²) in [5.74, 6) is 0.407. The molecule has 0 bridgehead atoms. The van der Waals surface area contributed by atoms with E-state index in [-0.39, 0.29) is 0 Å². The Bertz CT molecular complexity index is 88.2. The molecule has 0 aliphatic rings. The zero-order valence-electron chi connectivity index (χ0n) is 6.96. The second-order valence-corrected chi connectivity index (χ2v) is 3.13. The van der Waals surface area contributed by atoms with Gasteiger partial charge in [-0.15, -0.1) is 11.6 Å². The molecule has 0 amide bonds. The van der Waals surface area contributed by atoms with E-state index < -0.39 is 12.2 Å². The van der Waals surface area contributed by atoms with Crippen LogP contribution in [0.25, 0.3) is 0 Å². The SMILES string of the molecule is CCCC[C@H](O)[C@@H](O)CCCl. The molecule has 11 heavy (non-hydrogen) atoms. The highest BCUT2D eigenvalue weighted by molar-refractivity contribution is 6.17. The van der Waals surface area contributed by atoms with Crippen molar-refractivity contribution in [2.45, 2.75) is 44.8 Å². The number of rotatable bonds is 6. The summed E-state index contributed by atoms with van der Waals surface area (Å²) < 4.78 is 0. The molecule has 0 aromatic heterocycles. The largest absolute Gasteiger partial charge is 0.390 e. The summed E-state index contributed by atoms with van der Waals surface area (Å²) in [6, 6.07) is 0. The molecule has 0 spiro atoms. The predicted molar refractivity (Wildman–Crippen MR) is 46.9 cm³/mol. The summed E-state index contributed by atoms with van der Waals surface area (Å²) in [5.41, 5.74) is 0. The number of unbranched alkanes of at least 4 members (excludes halogenated alkanes) is 1. The van der Waals surface area contributed by atoms with E-state index in [1.54, 1.807) is 0 Å². The van der Waals surface area contributed by atoms with Gasteiger partial charge >= 0.3 is 0 Å². The maximum Gasteiger partial charge on any atom is 0.0810 e. The van der Waals surface area contributed by atoms with Crippen LogP contribution in [-0.2, 0) is 0 Å². The molecule has 68 valence electrons. The van der Waals surface area contributed by atoms with E-state index in [0.717, 1.165) is 12.8 Å². The van der Waals surface area contributed by atoms with Crippen LogP contribution in [0.2, 0.25) is 0 Å². The molecule has 0 aliphatic heterocycles. The first-order valence-corrected chi connectivity index (χ1v) is 4.68. The monoisotopic (exact) mass is 180 g/mol. The van der Waals surface area contributed by atoms with Crippen LogP contribution in [0.5, 0.6) is 0 Å². The van der Waals surface area contributed by atoms with Gasteiger partial charge in [0.25, 0.3) is 0 Å². The molecule has 2 N–H and O–H groups in total. The number of aliphatic hydroxyl groups is 2. The zero-order chi connectivity index (χ0) is 8.69. The number of alkyl halides is 1. The normalized spacial score (nSPS) is 16.4. The van der Waals surface area contributed by atoms with Crippen LogP contribution in [0.1, 0.15) is 32.6 Å². The predicted octanol–water partition coefficient (Wildman–Crippen LogP) is 1.53. The molecule has 0 saturated heterocycles. The van der Waals surface area contributed by atoms with Crippen molar-refractivity contribution in [3.05, 3.63) is 0 Å². The van der Waals surface area contributed by atoms with Crippen LogP contribution in [0.15, 0.2) is 0 Å². The second kappa shape index (κ2) is 6.89. The zero-order valence-corrected chi connectivity index (χ0v) is 7.72. The Morgan fingerprint density at radius 2 is 1.73 bits per heavy atom. The van der Waals surface area contributed by atoms with Gasteiger partial charge in [0.05, 0.1) is 12.2 Å². The maximum atomic E-state index is 9.27. The Labute approximate surface area is 73.2 Å². The van der Waals surface area contributed by atoms with Crippen molar-refractivity contribution in [1.82, 2.24) is 0 Å². The van der Waals surface area contributed by atoms with Gasteiger partial charge in [-0.25, -0.2) is 0 Å². The van der Waals surface area contributed by atoms with Gasteiger partial charge < -0.3 is 10.2 Å². The molecule has 0 radical (unpaired) electrons. The van der Waals surface area contributed by atoms with Crippen LogP contribution in [-0.4, -0.2) is 28.3 Å². The third kappa shape index (κ3) is 5.48. The van der Waals surface area contributed by atoms with E-state index in [4.69, 9.17) is 11.6 Å². The molecule has 0 rings (SSSR count). The minimum atomic E-state index is -0.640. The fourth-order valence-electron chi connectivity index (χ4n) is 0.910. The Balaban J connectivity index is 3.38. The molecule has 0 fully saturated rings. The summed E-state index contributed by atoms with van der Waals surface area (Å²) in [4.78, 5) is 0. The first-order chi connectivity index (χ1) is 5.22. The van der Waals surface area contributed by atoms with Gasteiger partial charge in [0.15, 0.2) is 0 Å². The van der Waals surface area contributed by atoms with E-state index >= 15 is 0 Å². The number of aliphatic hydroxyl groups excluding tert-OH is 2. The van der Waals surface area contributed by atoms with E-state index in [2.05, 4.69) is 6.92 Å². The first kappa shape index (κ1) is 11.2. The average molecular weight is 181 g/mol. The molecule has 0 aromatic rings. The van der Waals surface area contributed by atoms with E-state index in [1.807, 2.05) is 0 Å². The lowest BCUT2D eigenvalue weighted by Crippen LogP contribution is -2.25. The maximum absolute atomic E-state index is 9.27. The summed E-state index contributed by atoms with van der Waals surface area (Å²) >= 11 is 5.40. The highest BCUT2D eigenvalue weighted by Crippen LogP contribution is 2.07. The molecule has 0 aliphatic carbocycles. The van der Waals surface area contributed by atoms with Crippen molar-refractivity contribution in [3.63, 3.8) is 0 Å². The lowest BCUT2D eigenvalue weighted by Gasteiger charge is -2.15. The van der Waals surface area contributed by atoms with Gasteiger partial charge in [0, 0.05) is 5.88 Å². The molecule has 0 aromatic carbocycles. The van der Waals surface area contributed by atoms with Crippen LogP contribution in [0.4, 0.5) is 0 Å². The fourth-order valence-corrected chi connectivity index (χ4v) is 1.13. The number of hydrogen-bond donors (Lipinski definition) is 2. The Morgan fingerprint density at radius 1 is 1.18 bits per heavy atom. The fraction of sp³-hybridized carbons (Fsp3) is 1.00. The minimum Gasteiger partial charge on any atom is -0.390 e. The van der Waals surface area contributed by atoms with E-state index in [1.165, 1.54) is 0 Å². The third-order valence-electron chi connectivity index (χ3n) is 1.70. The van der Waals surface area contributed by atoms with Gasteiger partial charge in [-0.3, -0.25) is 0 Å². The molecule has 3 heteroatoms. The van der Waals surface area contributed by atoms with Crippen molar-refractivity contribution in [3.8, 4) is 0 Å². The minimum absolute atomic E-state index is 0.407. The number of halogens is 1. The average Bonchev–Trinajstić information content (AvgIpc) is 2.00. The summed E-state index contributed by atoms with van der Waals surface area (Å²) in [6.45, 7) is 2.06. The van der Waals surface area contributed by atoms with E-state index in [9.17, 15) is 10.2 Å². The Morgan fingerprint density at radius 3 is 2.18 bits per heavy atom. The molecular formula is C8H17ClO2. The van der Waals surface area contributed by atoms with Crippen molar-refractivity contribution >= 4 is 11.6 Å². The van der Waals surface area contributed by atoms with Crippen molar-refractivity contribution in [2.75, 3.05) is 5.88 Å². The summed E-state index contributed by atoms with van der Waals surface area (Å²) in [7, 11) is 0. The molecule has 0 unspecified atom stereocenters. The van der Waals surface area contributed by atoms with Gasteiger partial charge in [-0.1, -0.05) is 19.8 Å². The van der Waals surface area contributed by atoms with Crippen LogP contribution in [0, 0.1) is 0 Å². The van der Waals surface area contributed by atoms with Gasteiger partial charge in [-0.05, 0) is 12.8 Å². The summed E-state index contributed by atoms with van der Waals surface area (Å²) in [6.07, 6.45) is 1.93. The molecule has 0 saturated carbocycles. The highest BCUT2D eigenvalue weighted by Gasteiger charge is 2.13. The summed E-state index contributed by atoms with van der Waals surface area (Å²) in [5, 5.41) is 18.5. The van der Waals surface area contributed by atoms with Crippen LogP contribution >= 0.6 is 11.6 Å². The van der Waals surface area contributed by atoms with Crippen LogP contribution < -0.4 is 0 Å². The number of hydrogen-bond acceptors (Lipinski definition) is 2. The Hall–Kier alpha value is 0.210. The lowest BCUT2D eigenvalue weighted by molar-refractivity contribution is 0.0121. The first-order valence-electron chi connectivity index (χ1n) is 4.14. The topological polar surface area (TPSA) is 40.5 Å². The van der Waals surface area contributed by atoms with Crippen LogP contribution in [0.3, 0.4) is 0 Å². The van der Waals surface area contributed by atoms with Gasteiger partial charge in [0.1, 0.15) is 0 Å².